The van der Waals surface area contributed by atoms with Crippen LogP contribution < -0.4 is 11.1 Å². The minimum atomic E-state index is -0.580. The molecule has 7 heteroatoms. The van der Waals surface area contributed by atoms with Crippen LogP contribution in [0.2, 0.25) is 0 Å². The third kappa shape index (κ3) is 3.28. The van der Waals surface area contributed by atoms with Gasteiger partial charge in [-0.3, -0.25) is 19.4 Å². The molecular formula is C19H20N4O3. The predicted octanol–water partition coefficient (Wildman–Crippen LogP) is 1.20. The van der Waals surface area contributed by atoms with Gasteiger partial charge in [0.2, 0.25) is 5.91 Å². The molecule has 0 unspecified atom stereocenters. The molecule has 3 N–H and O–H groups in total. The molecular weight excluding hydrogens is 332 g/mol. The number of aromatic nitrogens is 1. The molecule has 0 bridgehead atoms. The minimum Gasteiger partial charge on any atom is -0.366 e. The molecule has 26 heavy (non-hydrogen) atoms. The summed E-state index contributed by atoms with van der Waals surface area (Å²) in [4.78, 5) is 42.4. The molecule has 1 saturated heterocycles. The standard InChI is InChI=1S/C19H20N4O3/c1-2-15-18(25)22-9-10-23(15)19(26)13-6-3-5-12(11-13)16-14(17(20)24)7-4-8-21-16/h3-8,11,15H,2,9-10H2,1H3,(H2,20,24)(H,22,25)/t15-/m0/s1. The fraction of sp³-hybridized carbons (Fsp3) is 0.263. The molecule has 3 rings (SSSR count). The lowest BCUT2D eigenvalue weighted by atomic mass is 10.0. The number of carbonyl (C=O) groups excluding carboxylic acids is 3. The van der Waals surface area contributed by atoms with Crippen LogP contribution in [-0.4, -0.2) is 46.7 Å². The van der Waals surface area contributed by atoms with E-state index < -0.39 is 11.9 Å². The topological polar surface area (TPSA) is 105 Å². The Kier molecular flexibility index (Phi) is 4.97. The smallest absolute Gasteiger partial charge is 0.254 e. The van der Waals surface area contributed by atoms with Gasteiger partial charge < -0.3 is 16.0 Å². The first-order chi connectivity index (χ1) is 12.5. The van der Waals surface area contributed by atoms with Crippen LogP contribution in [0.3, 0.4) is 0 Å². The van der Waals surface area contributed by atoms with Crippen LogP contribution in [-0.2, 0) is 4.79 Å². The van der Waals surface area contributed by atoms with Gasteiger partial charge >= 0.3 is 0 Å². The van der Waals surface area contributed by atoms with Crippen molar-refractivity contribution in [2.24, 2.45) is 5.73 Å². The van der Waals surface area contributed by atoms with Gasteiger partial charge in [0, 0.05) is 30.4 Å². The van der Waals surface area contributed by atoms with Gasteiger partial charge in [0.1, 0.15) is 6.04 Å². The van der Waals surface area contributed by atoms with E-state index in [2.05, 4.69) is 10.3 Å². The van der Waals surface area contributed by atoms with Crippen LogP contribution >= 0.6 is 0 Å². The van der Waals surface area contributed by atoms with Gasteiger partial charge in [-0.2, -0.15) is 0 Å². The molecule has 0 spiro atoms. The van der Waals surface area contributed by atoms with Crippen molar-refractivity contribution in [2.75, 3.05) is 13.1 Å². The molecule has 134 valence electrons. The second-order valence-corrected chi connectivity index (χ2v) is 6.06. The van der Waals surface area contributed by atoms with Crippen molar-refractivity contribution in [3.63, 3.8) is 0 Å². The number of nitrogens with one attached hydrogen (secondary N) is 1. The zero-order valence-corrected chi connectivity index (χ0v) is 14.4. The maximum absolute atomic E-state index is 13.0. The Labute approximate surface area is 151 Å². The van der Waals surface area contributed by atoms with Crippen molar-refractivity contribution in [3.8, 4) is 11.3 Å². The number of pyridine rings is 1. The SMILES string of the molecule is CC[C@H]1C(=O)NCCN1C(=O)c1cccc(-c2ncccc2C(N)=O)c1. The molecule has 7 nitrogen and oxygen atoms in total. The Morgan fingerprint density at radius 3 is 2.85 bits per heavy atom. The van der Waals surface area contributed by atoms with E-state index in [0.29, 0.717) is 41.9 Å². The normalized spacial score (nSPS) is 16.9. The van der Waals surface area contributed by atoms with Crippen LogP contribution in [0, 0.1) is 0 Å². The lowest BCUT2D eigenvalue weighted by Crippen LogP contribution is -2.56. The monoisotopic (exact) mass is 352 g/mol. The number of nitrogens with two attached hydrogens (primary N) is 1. The second-order valence-electron chi connectivity index (χ2n) is 6.06. The molecule has 1 aliphatic rings. The average molecular weight is 352 g/mol. The molecule has 1 atom stereocenters. The van der Waals surface area contributed by atoms with Crippen molar-refractivity contribution >= 4 is 17.7 Å². The molecule has 3 amide bonds. The van der Waals surface area contributed by atoms with E-state index in [0.717, 1.165) is 0 Å². The summed E-state index contributed by atoms with van der Waals surface area (Å²) in [5, 5.41) is 2.78. The van der Waals surface area contributed by atoms with Crippen molar-refractivity contribution in [1.82, 2.24) is 15.2 Å². The lowest BCUT2D eigenvalue weighted by Gasteiger charge is -2.34. The Balaban J connectivity index is 1.96. The first kappa shape index (κ1) is 17.6. The summed E-state index contributed by atoms with van der Waals surface area (Å²) in [6, 6.07) is 9.63. The second kappa shape index (κ2) is 7.35. The summed E-state index contributed by atoms with van der Waals surface area (Å²) in [7, 11) is 0. The van der Waals surface area contributed by atoms with Crippen LogP contribution in [0.4, 0.5) is 0 Å². The highest BCUT2D eigenvalue weighted by Gasteiger charge is 2.32. The fourth-order valence-electron chi connectivity index (χ4n) is 3.16. The summed E-state index contributed by atoms with van der Waals surface area (Å²) >= 11 is 0. The van der Waals surface area contributed by atoms with Crippen molar-refractivity contribution in [2.45, 2.75) is 19.4 Å². The van der Waals surface area contributed by atoms with E-state index >= 15 is 0 Å². The zero-order chi connectivity index (χ0) is 18.7. The molecule has 1 aromatic heterocycles. The number of primary amides is 1. The van der Waals surface area contributed by atoms with E-state index in [1.165, 1.54) is 0 Å². The van der Waals surface area contributed by atoms with Crippen LogP contribution in [0.5, 0.6) is 0 Å². The molecule has 0 saturated carbocycles. The summed E-state index contributed by atoms with van der Waals surface area (Å²) in [5.41, 5.74) is 7.21. The fourth-order valence-corrected chi connectivity index (χ4v) is 3.16. The maximum atomic E-state index is 13.0. The number of benzene rings is 1. The van der Waals surface area contributed by atoms with Crippen molar-refractivity contribution in [3.05, 3.63) is 53.7 Å². The number of hydrogen-bond acceptors (Lipinski definition) is 4. The summed E-state index contributed by atoms with van der Waals surface area (Å²) in [6.07, 6.45) is 2.11. The highest BCUT2D eigenvalue weighted by molar-refractivity contribution is 6.01. The van der Waals surface area contributed by atoms with Crippen molar-refractivity contribution < 1.29 is 14.4 Å². The number of rotatable bonds is 4. The van der Waals surface area contributed by atoms with Crippen LogP contribution in [0.15, 0.2) is 42.6 Å². The average Bonchev–Trinajstić information content (AvgIpc) is 2.67. The summed E-state index contributed by atoms with van der Waals surface area (Å²) < 4.78 is 0. The van der Waals surface area contributed by atoms with Gasteiger partial charge in [-0.1, -0.05) is 19.1 Å². The zero-order valence-electron chi connectivity index (χ0n) is 14.4. The van der Waals surface area contributed by atoms with Gasteiger partial charge in [-0.25, -0.2) is 0 Å². The molecule has 2 heterocycles. The van der Waals surface area contributed by atoms with Gasteiger partial charge in [-0.15, -0.1) is 0 Å². The van der Waals surface area contributed by atoms with Gasteiger partial charge in [0.15, 0.2) is 0 Å². The van der Waals surface area contributed by atoms with Gasteiger partial charge in [0.25, 0.3) is 11.8 Å². The number of nitrogens with zero attached hydrogens (tertiary/aromatic N) is 2. The van der Waals surface area contributed by atoms with Gasteiger partial charge in [0.05, 0.1) is 11.3 Å². The predicted molar refractivity (Wildman–Crippen MR) is 96.3 cm³/mol. The third-order valence-electron chi connectivity index (χ3n) is 4.43. The lowest BCUT2D eigenvalue weighted by molar-refractivity contribution is -0.127. The summed E-state index contributed by atoms with van der Waals surface area (Å²) in [5.74, 6) is -0.933. The highest BCUT2D eigenvalue weighted by Crippen LogP contribution is 2.23. The van der Waals surface area contributed by atoms with E-state index in [-0.39, 0.29) is 11.8 Å². The van der Waals surface area contributed by atoms with E-state index in [1.54, 1.807) is 47.5 Å². The Morgan fingerprint density at radius 1 is 1.31 bits per heavy atom. The molecule has 0 aliphatic carbocycles. The number of piperazine rings is 1. The van der Waals surface area contributed by atoms with E-state index in [9.17, 15) is 14.4 Å². The van der Waals surface area contributed by atoms with Gasteiger partial charge in [-0.05, 0) is 30.7 Å². The van der Waals surface area contributed by atoms with Crippen LogP contribution in [0.1, 0.15) is 34.1 Å². The number of hydrogen-bond donors (Lipinski definition) is 2. The maximum Gasteiger partial charge on any atom is 0.254 e. The quantitative estimate of drug-likeness (QED) is 0.862. The first-order valence-corrected chi connectivity index (χ1v) is 8.47. The van der Waals surface area contributed by atoms with Crippen molar-refractivity contribution in [1.29, 1.82) is 0 Å². The van der Waals surface area contributed by atoms with E-state index in [1.807, 2.05) is 6.92 Å². The molecule has 2 aromatic rings. The van der Waals surface area contributed by atoms with E-state index in [4.69, 9.17) is 5.73 Å². The first-order valence-electron chi connectivity index (χ1n) is 8.47. The number of amides is 3. The highest BCUT2D eigenvalue weighted by atomic mass is 16.2. The largest absolute Gasteiger partial charge is 0.366 e. The minimum absolute atomic E-state index is 0.135. The third-order valence-corrected chi connectivity index (χ3v) is 4.43. The Morgan fingerprint density at radius 2 is 2.12 bits per heavy atom. The number of carbonyl (C=O) groups is 3. The molecule has 1 aliphatic heterocycles. The Hall–Kier alpha value is -3.22. The molecule has 1 aromatic carbocycles. The Bertz CT molecular complexity index is 865. The molecule has 0 radical (unpaired) electrons. The van der Waals surface area contributed by atoms with Crippen LogP contribution in [0.25, 0.3) is 11.3 Å². The summed E-state index contributed by atoms with van der Waals surface area (Å²) in [6.45, 7) is 2.77. The molecule has 1 fully saturated rings.